The SMILES string of the molecule is C=C(CC(=O)Nc1cccc(C)c1)NNC(=O)CCCC. The summed E-state index contributed by atoms with van der Waals surface area (Å²) < 4.78 is 0. The van der Waals surface area contributed by atoms with Crippen molar-refractivity contribution < 1.29 is 9.59 Å². The van der Waals surface area contributed by atoms with Crippen LogP contribution in [0.2, 0.25) is 0 Å². The third-order valence-electron chi connectivity index (χ3n) is 2.81. The van der Waals surface area contributed by atoms with Crippen molar-refractivity contribution >= 4 is 17.5 Å². The van der Waals surface area contributed by atoms with E-state index in [9.17, 15) is 9.59 Å². The van der Waals surface area contributed by atoms with Gasteiger partial charge < -0.3 is 10.7 Å². The van der Waals surface area contributed by atoms with Crippen molar-refractivity contribution in [3.63, 3.8) is 0 Å². The molecule has 3 N–H and O–H groups in total. The van der Waals surface area contributed by atoms with E-state index in [-0.39, 0.29) is 18.2 Å². The highest BCUT2D eigenvalue weighted by atomic mass is 16.2. The Morgan fingerprint density at radius 1 is 1.19 bits per heavy atom. The maximum absolute atomic E-state index is 11.8. The lowest BCUT2D eigenvalue weighted by Crippen LogP contribution is -2.37. The highest BCUT2D eigenvalue weighted by molar-refractivity contribution is 5.92. The van der Waals surface area contributed by atoms with E-state index in [1.807, 2.05) is 38.1 Å². The quantitative estimate of drug-likeness (QED) is 0.644. The number of hydrazine groups is 1. The zero-order chi connectivity index (χ0) is 15.7. The number of amides is 2. The van der Waals surface area contributed by atoms with Crippen molar-refractivity contribution in [2.75, 3.05) is 5.32 Å². The average molecular weight is 289 g/mol. The Hall–Kier alpha value is -2.30. The molecule has 0 atom stereocenters. The van der Waals surface area contributed by atoms with Crippen LogP contribution in [0.5, 0.6) is 0 Å². The Labute approximate surface area is 125 Å². The van der Waals surface area contributed by atoms with Gasteiger partial charge in [-0.05, 0) is 31.0 Å². The van der Waals surface area contributed by atoms with Gasteiger partial charge in [0.05, 0.1) is 6.42 Å². The Morgan fingerprint density at radius 3 is 2.62 bits per heavy atom. The number of anilines is 1. The highest BCUT2D eigenvalue weighted by Gasteiger charge is 2.06. The van der Waals surface area contributed by atoms with E-state index in [0.717, 1.165) is 24.1 Å². The molecule has 0 radical (unpaired) electrons. The second-order valence-electron chi connectivity index (χ2n) is 4.97. The number of hydrogen-bond donors (Lipinski definition) is 3. The number of carbonyl (C=O) groups is 2. The molecule has 5 nitrogen and oxygen atoms in total. The van der Waals surface area contributed by atoms with Crippen LogP contribution in [-0.4, -0.2) is 11.8 Å². The summed E-state index contributed by atoms with van der Waals surface area (Å²) in [7, 11) is 0. The van der Waals surface area contributed by atoms with E-state index in [4.69, 9.17) is 0 Å². The van der Waals surface area contributed by atoms with Gasteiger partial charge in [0.15, 0.2) is 0 Å². The van der Waals surface area contributed by atoms with Crippen LogP contribution in [0.4, 0.5) is 5.69 Å². The summed E-state index contributed by atoms with van der Waals surface area (Å²) in [6.07, 6.45) is 2.37. The van der Waals surface area contributed by atoms with E-state index in [2.05, 4.69) is 22.7 Å². The van der Waals surface area contributed by atoms with E-state index in [0.29, 0.717) is 12.1 Å². The van der Waals surface area contributed by atoms with Gasteiger partial charge in [0.1, 0.15) is 0 Å². The lowest BCUT2D eigenvalue weighted by Gasteiger charge is -2.11. The molecule has 0 spiro atoms. The Kier molecular flexibility index (Phi) is 7.01. The largest absolute Gasteiger partial charge is 0.326 e. The first-order valence-electron chi connectivity index (χ1n) is 7.10. The van der Waals surface area contributed by atoms with Crippen molar-refractivity contribution in [2.45, 2.75) is 39.5 Å². The molecule has 1 aromatic carbocycles. The summed E-state index contributed by atoms with van der Waals surface area (Å²) in [5.74, 6) is -0.280. The van der Waals surface area contributed by atoms with Crippen molar-refractivity contribution in [3.8, 4) is 0 Å². The fourth-order valence-corrected chi connectivity index (χ4v) is 1.72. The minimum atomic E-state index is -0.180. The number of carbonyl (C=O) groups excluding carboxylic acids is 2. The van der Waals surface area contributed by atoms with E-state index < -0.39 is 0 Å². The summed E-state index contributed by atoms with van der Waals surface area (Å²) in [5.41, 5.74) is 7.47. The summed E-state index contributed by atoms with van der Waals surface area (Å²) in [5, 5.41) is 2.78. The van der Waals surface area contributed by atoms with Gasteiger partial charge >= 0.3 is 0 Å². The van der Waals surface area contributed by atoms with Crippen LogP contribution in [0.3, 0.4) is 0 Å². The van der Waals surface area contributed by atoms with Gasteiger partial charge in [0.2, 0.25) is 11.8 Å². The second kappa shape index (κ2) is 8.79. The van der Waals surface area contributed by atoms with E-state index in [1.54, 1.807) is 0 Å². The summed E-state index contributed by atoms with van der Waals surface area (Å²) in [6.45, 7) is 7.70. The molecule has 1 aromatic rings. The van der Waals surface area contributed by atoms with Gasteiger partial charge in [-0.15, -0.1) is 0 Å². The minimum absolute atomic E-state index is 0.0992. The zero-order valence-corrected chi connectivity index (χ0v) is 12.7. The molecule has 0 aliphatic rings. The van der Waals surface area contributed by atoms with Gasteiger partial charge in [-0.3, -0.25) is 15.0 Å². The molecule has 5 heteroatoms. The maximum Gasteiger partial charge on any atom is 0.238 e. The molecule has 0 aromatic heterocycles. The van der Waals surface area contributed by atoms with Crippen LogP contribution in [0.1, 0.15) is 38.2 Å². The van der Waals surface area contributed by atoms with Crippen LogP contribution in [0.15, 0.2) is 36.5 Å². The molecule has 1 rings (SSSR count). The molecule has 114 valence electrons. The number of hydrogen-bond acceptors (Lipinski definition) is 3. The van der Waals surface area contributed by atoms with Crippen molar-refractivity contribution in [1.82, 2.24) is 10.9 Å². The first-order valence-corrected chi connectivity index (χ1v) is 7.10. The molecule has 0 aliphatic heterocycles. The zero-order valence-electron chi connectivity index (χ0n) is 12.7. The molecule has 0 heterocycles. The number of rotatable bonds is 8. The van der Waals surface area contributed by atoms with Crippen molar-refractivity contribution in [1.29, 1.82) is 0 Å². The molecule has 0 bridgehead atoms. The summed E-state index contributed by atoms with van der Waals surface area (Å²) in [4.78, 5) is 23.2. The molecule has 0 unspecified atom stereocenters. The molecule has 0 aliphatic carbocycles. The topological polar surface area (TPSA) is 70.2 Å². The van der Waals surface area contributed by atoms with Crippen molar-refractivity contribution in [2.24, 2.45) is 0 Å². The van der Waals surface area contributed by atoms with Crippen molar-refractivity contribution in [3.05, 3.63) is 42.1 Å². The Balaban J connectivity index is 2.31. The summed E-state index contributed by atoms with van der Waals surface area (Å²) >= 11 is 0. The first-order chi connectivity index (χ1) is 10.0. The number of nitrogens with one attached hydrogen (secondary N) is 3. The predicted octanol–water partition coefficient (Wildman–Crippen LogP) is 2.65. The molecule has 21 heavy (non-hydrogen) atoms. The fraction of sp³-hybridized carbons (Fsp3) is 0.375. The lowest BCUT2D eigenvalue weighted by molar-refractivity contribution is -0.122. The van der Waals surface area contributed by atoms with Crippen LogP contribution in [0, 0.1) is 6.92 Å². The van der Waals surface area contributed by atoms with Gasteiger partial charge in [-0.2, -0.15) is 0 Å². The molecule has 0 saturated heterocycles. The fourth-order valence-electron chi connectivity index (χ4n) is 1.72. The third-order valence-corrected chi connectivity index (χ3v) is 2.81. The first kappa shape index (κ1) is 16.8. The predicted molar refractivity (Wildman–Crippen MR) is 84.4 cm³/mol. The number of unbranched alkanes of at least 4 members (excludes halogenated alkanes) is 1. The third kappa shape index (κ3) is 7.15. The smallest absolute Gasteiger partial charge is 0.238 e. The molecular weight excluding hydrogens is 266 g/mol. The minimum Gasteiger partial charge on any atom is -0.326 e. The van der Waals surface area contributed by atoms with Crippen LogP contribution >= 0.6 is 0 Å². The highest BCUT2D eigenvalue weighted by Crippen LogP contribution is 2.10. The number of aryl methyl sites for hydroxylation is 1. The standard InChI is InChI=1S/C16H23N3O2/c1-4-5-9-15(20)19-18-13(3)11-16(21)17-14-8-6-7-12(2)10-14/h6-8,10,18H,3-5,9,11H2,1-2H3,(H,17,21)(H,19,20). The van der Waals surface area contributed by atoms with Crippen LogP contribution < -0.4 is 16.2 Å². The average Bonchev–Trinajstić information content (AvgIpc) is 2.42. The van der Waals surface area contributed by atoms with Gasteiger partial charge in [0.25, 0.3) is 0 Å². The van der Waals surface area contributed by atoms with Gasteiger partial charge in [-0.1, -0.05) is 32.1 Å². The normalized spacial score (nSPS) is 9.81. The molecular formula is C16H23N3O2. The Bertz CT molecular complexity index is 512. The Morgan fingerprint density at radius 2 is 1.95 bits per heavy atom. The van der Waals surface area contributed by atoms with E-state index >= 15 is 0 Å². The van der Waals surface area contributed by atoms with Gasteiger partial charge in [-0.25, -0.2) is 0 Å². The monoisotopic (exact) mass is 289 g/mol. The maximum atomic E-state index is 11.8. The molecule has 0 saturated carbocycles. The lowest BCUT2D eigenvalue weighted by atomic mass is 10.2. The van der Waals surface area contributed by atoms with E-state index in [1.165, 1.54) is 0 Å². The molecule has 0 fully saturated rings. The second-order valence-corrected chi connectivity index (χ2v) is 4.97. The van der Waals surface area contributed by atoms with Crippen LogP contribution in [0.25, 0.3) is 0 Å². The van der Waals surface area contributed by atoms with Gasteiger partial charge in [0, 0.05) is 17.8 Å². The number of benzene rings is 1. The molecule has 2 amide bonds. The van der Waals surface area contributed by atoms with Crippen LogP contribution in [-0.2, 0) is 9.59 Å². The summed E-state index contributed by atoms with van der Waals surface area (Å²) in [6, 6.07) is 7.56.